The van der Waals surface area contributed by atoms with Crippen molar-refractivity contribution in [3.05, 3.63) is 0 Å². The molecule has 0 N–H and O–H groups in total. The van der Waals surface area contributed by atoms with Gasteiger partial charge in [-0.3, -0.25) is 0 Å². The zero-order valence-electron chi connectivity index (χ0n) is 5.06. The van der Waals surface area contributed by atoms with Crippen LogP contribution in [0.5, 0.6) is 0 Å². The number of hydrogen-bond donors (Lipinski definition) is 1. The molecule has 0 rings (SSSR count). The Morgan fingerprint density at radius 1 is 1.57 bits per heavy atom. The second-order valence-electron chi connectivity index (χ2n) is 2.12. The third kappa shape index (κ3) is 3.30. The highest BCUT2D eigenvalue weighted by Crippen LogP contribution is 2.21. The third-order valence-electron chi connectivity index (χ3n) is 0.933. The maximum Gasteiger partial charge on any atom is 0.0188 e. The highest BCUT2D eigenvalue weighted by molar-refractivity contribution is 8.00. The van der Waals surface area contributed by atoms with Crippen LogP contribution in [0.4, 0.5) is 0 Å². The van der Waals surface area contributed by atoms with E-state index in [4.69, 9.17) is 0 Å². The van der Waals surface area contributed by atoms with Crippen molar-refractivity contribution in [3.63, 3.8) is 0 Å². The molecule has 0 aliphatic rings. The number of thiol groups is 1. The van der Waals surface area contributed by atoms with Gasteiger partial charge in [-0.05, 0) is 20.1 Å². The average Bonchev–Trinajstić information content (AvgIpc) is 1.68. The van der Waals surface area contributed by atoms with Crippen LogP contribution in [0, 0.1) is 0 Å². The lowest BCUT2D eigenvalue weighted by Crippen LogP contribution is -2.15. The van der Waals surface area contributed by atoms with Crippen molar-refractivity contribution in [1.29, 1.82) is 0 Å². The smallest absolute Gasteiger partial charge is 0.0188 e. The molecule has 0 aromatic heterocycles. The summed E-state index contributed by atoms with van der Waals surface area (Å²) in [5.41, 5.74) is 0. The van der Waals surface area contributed by atoms with Gasteiger partial charge < -0.3 is 0 Å². The van der Waals surface area contributed by atoms with Crippen LogP contribution in [0.2, 0.25) is 0 Å². The Labute approximate surface area is 55.5 Å². The van der Waals surface area contributed by atoms with Crippen LogP contribution in [0.15, 0.2) is 0 Å². The summed E-state index contributed by atoms with van der Waals surface area (Å²) < 4.78 is 0.364. The Balaban J connectivity index is 3.36. The van der Waals surface area contributed by atoms with E-state index in [1.807, 2.05) is 11.8 Å². The summed E-state index contributed by atoms with van der Waals surface area (Å²) in [5.74, 6) is 0.953. The average molecular weight is 136 g/mol. The molecule has 0 aromatic carbocycles. The fraction of sp³-hybridized carbons (Fsp3) is 1.00. The molecular formula is C5H12S2. The molecule has 2 heteroatoms. The van der Waals surface area contributed by atoms with Crippen molar-refractivity contribution in [3.8, 4) is 0 Å². The normalized spacial score (nSPS) is 12.0. The van der Waals surface area contributed by atoms with Gasteiger partial charge in [0.15, 0.2) is 0 Å². The molecule has 0 nitrogen and oxygen atoms in total. The molecule has 44 valence electrons. The molecule has 0 aromatic rings. The van der Waals surface area contributed by atoms with Gasteiger partial charge in [-0.15, -0.1) is 0 Å². The number of thioether (sulfide) groups is 1. The molecule has 0 atom stereocenters. The van der Waals surface area contributed by atoms with E-state index in [1.165, 1.54) is 0 Å². The zero-order chi connectivity index (χ0) is 5.91. The maximum absolute atomic E-state index is 4.16. The lowest BCUT2D eigenvalue weighted by atomic mass is 10.2. The Morgan fingerprint density at radius 2 is 2.00 bits per heavy atom. The van der Waals surface area contributed by atoms with Gasteiger partial charge in [0.05, 0.1) is 0 Å². The van der Waals surface area contributed by atoms with Crippen molar-refractivity contribution in [2.45, 2.75) is 18.6 Å². The molecule has 0 radical (unpaired) electrons. The van der Waals surface area contributed by atoms with Gasteiger partial charge in [0.2, 0.25) is 0 Å². The van der Waals surface area contributed by atoms with E-state index in [-0.39, 0.29) is 0 Å². The fourth-order valence-electron chi connectivity index (χ4n) is 0.0645. The van der Waals surface area contributed by atoms with E-state index >= 15 is 0 Å². The lowest BCUT2D eigenvalue weighted by molar-refractivity contribution is 0.822. The predicted molar refractivity (Wildman–Crippen MR) is 41.4 cm³/mol. The summed E-state index contributed by atoms with van der Waals surface area (Å²) in [5, 5.41) is 0. The Morgan fingerprint density at radius 3 is 2.00 bits per heavy atom. The van der Waals surface area contributed by atoms with E-state index < -0.39 is 0 Å². The Bertz CT molecular complexity index is 44.0. The van der Waals surface area contributed by atoms with Crippen LogP contribution in [0.1, 0.15) is 13.8 Å². The molecule has 0 aliphatic carbocycles. The van der Waals surface area contributed by atoms with Crippen molar-refractivity contribution in [2.24, 2.45) is 0 Å². The summed E-state index contributed by atoms with van der Waals surface area (Å²) >= 11 is 6.01. The molecule has 0 unspecified atom stereocenters. The molecule has 0 aliphatic heterocycles. The number of hydrogen-bond acceptors (Lipinski definition) is 2. The van der Waals surface area contributed by atoms with E-state index in [2.05, 4.69) is 32.7 Å². The summed E-state index contributed by atoms with van der Waals surface area (Å²) in [6, 6.07) is 0. The minimum Gasteiger partial charge on any atom is -0.178 e. The first-order valence-corrected chi connectivity index (χ1v) is 4.14. The van der Waals surface area contributed by atoms with Crippen LogP contribution in [0.3, 0.4) is 0 Å². The fourth-order valence-corrected chi connectivity index (χ4v) is 0.581. The van der Waals surface area contributed by atoms with Crippen LogP contribution >= 0.6 is 24.4 Å². The maximum atomic E-state index is 4.16. The zero-order valence-corrected chi connectivity index (χ0v) is 6.77. The van der Waals surface area contributed by atoms with E-state index in [0.29, 0.717) is 4.75 Å². The Kier molecular flexibility index (Phi) is 3.16. The first kappa shape index (κ1) is 7.70. The van der Waals surface area contributed by atoms with E-state index in [9.17, 15) is 0 Å². The summed E-state index contributed by atoms with van der Waals surface area (Å²) in [7, 11) is 0. The van der Waals surface area contributed by atoms with Gasteiger partial charge in [-0.2, -0.15) is 24.4 Å². The monoisotopic (exact) mass is 136 g/mol. The molecule has 0 heterocycles. The van der Waals surface area contributed by atoms with Gasteiger partial charge in [-0.1, -0.05) is 0 Å². The first-order valence-electron chi connectivity index (χ1n) is 2.28. The SMILES string of the molecule is CSC(C)(C)CS. The Hall–Kier alpha value is 0.700. The largest absolute Gasteiger partial charge is 0.178 e. The van der Waals surface area contributed by atoms with E-state index in [0.717, 1.165) is 5.75 Å². The molecule has 0 fully saturated rings. The van der Waals surface area contributed by atoms with Crippen LogP contribution in [-0.2, 0) is 0 Å². The van der Waals surface area contributed by atoms with Crippen molar-refractivity contribution < 1.29 is 0 Å². The molecule has 0 amide bonds. The second kappa shape index (κ2) is 2.88. The standard InChI is InChI=1S/C5H12S2/c1-5(2,4-6)7-3/h6H,4H2,1-3H3. The first-order chi connectivity index (χ1) is 3.12. The van der Waals surface area contributed by atoms with Crippen molar-refractivity contribution in [2.75, 3.05) is 12.0 Å². The highest BCUT2D eigenvalue weighted by Gasteiger charge is 2.11. The quantitative estimate of drug-likeness (QED) is 0.567. The highest BCUT2D eigenvalue weighted by atomic mass is 32.2. The summed E-state index contributed by atoms with van der Waals surface area (Å²) in [6.07, 6.45) is 2.11. The van der Waals surface area contributed by atoms with Crippen LogP contribution in [0.25, 0.3) is 0 Å². The van der Waals surface area contributed by atoms with Crippen LogP contribution in [-0.4, -0.2) is 16.8 Å². The molecule has 0 spiro atoms. The third-order valence-corrected chi connectivity index (χ3v) is 3.19. The summed E-state index contributed by atoms with van der Waals surface area (Å²) in [6.45, 7) is 4.37. The van der Waals surface area contributed by atoms with Crippen molar-refractivity contribution >= 4 is 24.4 Å². The van der Waals surface area contributed by atoms with Gasteiger partial charge in [0, 0.05) is 10.5 Å². The molecule has 0 bridgehead atoms. The van der Waals surface area contributed by atoms with Crippen molar-refractivity contribution in [1.82, 2.24) is 0 Å². The predicted octanol–water partition coefficient (Wildman–Crippen LogP) is 2.06. The molecule has 0 saturated carbocycles. The molecule has 7 heavy (non-hydrogen) atoms. The van der Waals surface area contributed by atoms with Gasteiger partial charge >= 0.3 is 0 Å². The van der Waals surface area contributed by atoms with Gasteiger partial charge in [-0.25, -0.2) is 0 Å². The number of rotatable bonds is 2. The van der Waals surface area contributed by atoms with Crippen LogP contribution < -0.4 is 0 Å². The van der Waals surface area contributed by atoms with E-state index in [1.54, 1.807) is 0 Å². The topological polar surface area (TPSA) is 0 Å². The summed E-state index contributed by atoms with van der Waals surface area (Å²) in [4.78, 5) is 0. The molecular weight excluding hydrogens is 124 g/mol. The minimum absolute atomic E-state index is 0.364. The van der Waals surface area contributed by atoms with Gasteiger partial charge in [0.25, 0.3) is 0 Å². The lowest BCUT2D eigenvalue weighted by Gasteiger charge is -2.17. The van der Waals surface area contributed by atoms with Gasteiger partial charge in [0.1, 0.15) is 0 Å². The minimum atomic E-state index is 0.364. The molecule has 0 saturated heterocycles. The second-order valence-corrected chi connectivity index (χ2v) is 3.95.